The average Bonchev–Trinajstić information content (AvgIpc) is 2.66. The largest absolute Gasteiger partial charge is 0.491 e. The number of carbonyl (C=O) groups excluding carboxylic acids is 2. The van der Waals surface area contributed by atoms with Crippen LogP contribution in [0.2, 0.25) is 0 Å². The zero-order valence-electron chi connectivity index (χ0n) is 16.7. The summed E-state index contributed by atoms with van der Waals surface area (Å²) in [6.07, 6.45) is 1.46. The summed E-state index contributed by atoms with van der Waals surface area (Å²) >= 11 is 0. The van der Waals surface area contributed by atoms with Crippen LogP contribution in [-0.4, -0.2) is 24.5 Å². The Labute approximate surface area is 166 Å². The third-order valence-corrected chi connectivity index (χ3v) is 3.88. The van der Waals surface area contributed by atoms with Crippen molar-refractivity contribution in [2.45, 2.75) is 46.3 Å². The molecule has 0 aliphatic carbocycles. The molecule has 2 aromatic rings. The second-order valence-corrected chi connectivity index (χ2v) is 6.82. The van der Waals surface area contributed by atoms with E-state index in [4.69, 9.17) is 4.74 Å². The summed E-state index contributed by atoms with van der Waals surface area (Å²) in [6.45, 7) is 6.57. The van der Waals surface area contributed by atoms with Crippen LogP contribution >= 0.6 is 0 Å². The van der Waals surface area contributed by atoms with Crippen molar-refractivity contribution in [1.29, 1.82) is 0 Å². The molecule has 0 aromatic heterocycles. The van der Waals surface area contributed by atoms with Gasteiger partial charge in [0.15, 0.2) is 0 Å². The van der Waals surface area contributed by atoms with Gasteiger partial charge in [0.1, 0.15) is 5.75 Å². The first-order valence-corrected chi connectivity index (χ1v) is 9.62. The summed E-state index contributed by atoms with van der Waals surface area (Å²) < 4.78 is 5.60. The molecule has 0 bridgehead atoms. The van der Waals surface area contributed by atoms with E-state index in [-0.39, 0.29) is 24.5 Å². The molecule has 6 nitrogen and oxygen atoms in total. The molecule has 3 N–H and O–H groups in total. The first-order chi connectivity index (χ1) is 13.5. The molecule has 0 saturated heterocycles. The highest BCUT2D eigenvalue weighted by Crippen LogP contribution is 2.15. The molecule has 0 atom stereocenters. The molecule has 0 saturated carbocycles. The lowest BCUT2D eigenvalue weighted by atomic mass is 10.2. The highest BCUT2D eigenvalue weighted by Gasteiger charge is 2.04. The predicted octanol–water partition coefficient (Wildman–Crippen LogP) is 3.94. The van der Waals surface area contributed by atoms with E-state index in [0.29, 0.717) is 13.0 Å². The van der Waals surface area contributed by atoms with Crippen molar-refractivity contribution in [2.24, 2.45) is 0 Å². The van der Waals surface area contributed by atoms with Crippen LogP contribution in [0.5, 0.6) is 5.75 Å². The molecule has 0 heterocycles. The summed E-state index contributed by atoms with van der Waals surface area (Å²) in [6, 6.07) is 15.0. The Morgan fingerprint density at radius 1 is 0.929 bits per heavy atom. The van der Waals surface area contributed by atoms with Gasteiger partial charge >= 0.3 is 0 Å². The number of rotatable bonds is 10. The number of benzene rings is 2. The van der Waals surface area contributed by atoms with Gasteiger partial charge < -0.3 is 20.7 Å². The van der Waals surface area contributed by atoms with Crippen molar-refractivity contribution >= 4 is 23.2 Å². The van der Waals surface area contributed by atoms with E-state index in [1.165, 1.54) is 0 Å². The zero-order valence-corrected chi connectivity index (χ0v) is 16.7. The molecule has 0 spiro atoms. The Kier molecular flexibility index (Phi) is 8.34. The van der Waals surface area contributed by atoms with Gasteiger partial charge in [0.05, 0.1) is 12.6 Å². The smallest absolute Gasteiger partial charge is 0.239 e. The van der Waals surface area contributed by atoms with Crippen LogP contribution in [0.25, 0.3) is 0 Å². The van der Waals surface area contributed by atoms with Crippen LogP contribution in [0.15, 0.2) is 48.5 Å². The second kappa shape index (κ2) is 11.0. The van der Waals surface area contributed by atoms with Crippen molar-refractivity contribution in [1.82, 2.24) is 5.32 Å². The van der Waals surface area contributed by atoms with Crippen molar-refractivity contribution in [3.05, 3.63) is 54.1 Å². The summed E-state index contributed by atoms with van der Waals surface area (Å²) in [4.78, 5) is 23.6. The van der Waals surface area contributed by atoms with Gasteiger partial charge in [-0.2, -0.15) is 0 Å². The Morgan fingerprint density at radius 3 is 2.18 bits per heavy atom. The van der Waals surface area contributed by atoms with E-state index in [2.05, 4.69) is 16.0 Å². The normalized spacial score (nSPS) is 10.4. The highest BCUT2D eigenvalue weighted by molar-refractivity contribution is 5.90. The lowest BCUT2D eigenvalue weighted by molar-refractivity contribution is -0.119. The van der Waals surface area contributed by atoms with Gasteiger partial charge in [0.25, 0.3) is 0 Å². The summed E-state index contributed by atoms with van der Waals surface area (Å²) in [5.41, 5.74) is 2.58. The van der Waals surface area contributed by atoms with Gasteiger partial charge in [-0.3, -0.25) is 9.59 Å². The van der Waals surface area contributed by atoms with Gasteiger partial charge in [-0.05, 0) is 62.2 Å². The standard InChI is InChI=1S/C22H29N3O3/c1-4-5-21(26)25-19-10-8-18(9-11-19)23-15-22(27)24-14-17-6-12-20(13-7-17)28-16(2)3/h6-13,16,23H,4-5,14-15H2,1-3H3,(H,24,27)(H,25,26). The van der Waals surface area contributed by atoms with Gasteiger partial charge in [-0.1, -0.05) is 19.1 Å². The van der Waals surface area contributed by atoms with E-state index in [1.807, 2.05) is 69.3 Å². The maximum atomic E-state index is 12.0. The van der Waals surface area contributed by atoms with E-state index in [0.717, 1.165) is 29.1 Å². The van der Waals surface area contributed by atoms with Crippen molar-refractivity contribution in [3.63, 3.8) is 0 Å². The van der Waals surface area contributed by atoms with Gasteiger partial charge in [0.2, 0.25) is 11.8 Å². The molecule has 150 valence electrons. The minimum Gasteiger partial charge on any atom is -0.491 e. The van der Waals surface area contributed by atoms with Crippen LogP contribution < -0.4 is 20.7 Å². The SMILES string of the molecule is CCCC(=O)Nc1ccc(NCC(=O)NCc2ccc(OC(C)C)cc2)cc1. The fourth-order valence-corrected chi connectivity index (χ4v) is 2.53. The number of hydrogen-bond donors (Lipinski definition) is 3. The van der Waals surface area contributed by atoms with Crippen LogP contribution in [0.3, 0.4) is 0 Å². The maximum absolute atomic E-state index is 12.0. The van der Waals surface area contributed by atoms with Gasteiger partial charge in [-0.25, -0.2) is 0 Å². The average molecular weight is 383 g/mol. The fraction of sp³-hybridized carbons (Fsp3) is 0.364. The number of anilines is 2. The minimum absolute atomic E-state index is 0.00591. The highest BCUT2D eigenvalue weighted by atomic mass is 16.5. The molecular formula is C22H29N3O3. The van der Waals surface area contributed by atoms with Crippen molar-refractivity contribution in [3.8, 4) is 5.75 Å². The molecule has 0 unspecified atom stereocenters. The molecular weight excluding hydrogens is 354 g/mol. The lowest BCUT2D eigenvalue weighted by Gasteiger charge is -2.11. The summed E-state index contributed by atoms with van der Waals surface area (Å²) in [5, 5.41) is 8.79. The third-order valence-electron chi connectivity index (χ3n) is 3.88. The molecule has 0 aliphatic heterocycles. The van der Waals surface area contributed by atoms with Gasteiger partial charge in [0, 0.05) is 24.3 Å². The number of ether oxygens (including phenoxy) is 1. The van der Waals surface area contributed by atoms with Crippen molar-refractivity contribution in [2.75, 3.05) is 17.2 Å². The molecule has 2 aromatic carbocycles. The van der Waals surface area contributed by atoms with Crippen LogP contribution in [0, 0.1) is 0 Å². The summed E-state index contributed by atoms with van der Waals surface area (Å²) in [5.74, 6) is 0.732. The number of hydrogen-bond acceptors (Lipinski definition) is 4. The maximum Gasteiger partial charge on any atom is 0.239 e. The fourth-order valence-electron chi connectivity index (χ4n) is 2.53. The first kappa shape index (κ1) is 21.3. The van der Waals surface area contributed by atoms with Crippen LogP contribution in [0.4, 0.5) is 11.4 Å². The van der Waals surface area contributed by atoms with E-state index >= 15 is 0 Å². The first-order valence-electron chi connectivity index (χ1n) is 9.62. The Balaban J connectivity index is 1.72. The predicted molar refractivity (Wildman–Crippen MR) is 113 cm³/mol. The van der Waals surface area contributed by atoms with E-state index in [9.17, 15) is 9.59 Å². The second-order valence-electron chi connectivity index (χ2n) is 6.82. The topological polar surface area (TPSA) is 79.5 Å². The van der Waals surface area contributed by atoms with E-state index < -0.39 is 0 Å². The molecule has 2 rings (SSSR count). The molecule has 28 heavy (non-hydrogen) atoms. The molecule has 0 fully saturated rings. The molecule has 0 aliphatic rings. The Morgan fingerprint density at radius 2 is 1.57 bits per heavy atom. The number of carbonyl (C=O) groups is 2. The molecule has 6 heteroatoms. The van der Waals surface area contributed by atoms with Gasteiger partial charge in [-0.15, -0.1) is 0 Å². The molecule has 0 radical (unpaired) electrons. The monoisotopic (exact) mass is 383 g/mol. The lowest BCUT2D eigenvalue weighted by Crippen LogP contribution is -2.29. The third kappa shape index (κ3) is 7.70. The quantitative estimate of drug-likeness (QED) is 0.581. The number of nitrogens with one attached hydrogen (secondary N) is 3. The summed E-state index contributed by atoms with van der Waals surface area (Å²) in [7, 11) is 0. The minimum atomic E-state index is -0.0946. The van der Waals surface area contributed by atoms with Crippen LogP contribution in [-0.2, 0) is 16.1 Å². The number of amides is 2. The molecule has 2 amide bonds. The van der Waals surface area contributed by atoms with Crippen LogP contribution in [0.1, 0.15) is 39.2 Å². The Bertz CT molecular complexity index is 756. The Hall–Kier alpha value is -3.02. The van der Waals surface area contributed by atoms with Crippen molar-refractivity contribution < 1.29 is 14.3 Å². The van der Waals surface area contributed by atoms with E-state index in [1.54, 1.807) is 0 Å². The zero-order chi connectivity index (χ0) is 20.4.